The summed E-state index contributed by atoms with van der Waals surface area (Å²) in [5.41, 5.74) is 2.91. The Morgan fingerprint density at radius 2 is 2.08 bits per heavy atom. The van der Waals surface area contributed by atoms with E-state index in [2.05, 4.69) is 24.6 Å². The molecular weight excluding hydrogens is 344 g/mol. The molecule has 7 nitrogen and oxygen atoms in total. The number of benzene rings is 1. The highest BCUT2D eigenvalue weighted by atomic mass is 35.5. The molecule has 3 aromatic rings. The van der Waals surface area contributed by atoms with Crippen molar-refractivity contribution in [1.29, 1.82) is 0 Å². The summed E-state index contributed by atoms with van der Waals surface area (Å²) >= 11 is 6.44. The number of aromatic amines is 1. The van der Waals surface area contributed by atoms with Crippen LogP contribution in [0.1, 0.15) is 31.4 Å². The zero-order valence-corrected chi connectivity index (χ0v) is 14.2. The fraction of sp³-hybridized carbons (Fsp3) is 0.294. The third-order valence-electron chi connectivity index (χ3n) is 4.01. The zero-order valence-electron chi connectivity index (χ0n) is 13.4. The number of H-pyrrole nitrogens is 1. The van der Waals surface area contributed by atoms with E-state index in [1.807, 2.05) is 25.1 Å². The molecule has 0 radical (unpaired) electrons. The lowest BCUT2D eigenvalue weighted by atomic mass is 10.1. The van der Waals surface area contributed by atoms with Crippen molar-refractivity contribution >= 4 is 11.6 Å². The molecular formula is C17H15ClN4O3. The van der Waals surface area contributed by atoms with E-state index in [9.17, 15) is 4.79 Å². The zero-order chi connectivity index (χ0) is 17.4. The van der Waals surface area contributed by atoms with Gasteiger partial charge >= 0.3 is 5.76 Å². The van der Waals surface area contributed by atoms with Crippen LogP contribution in [0.4, 0.5) is 0 Å². The van der Waals surface area contributed by atoms with E-state index in [0.717, 1.165) is 24.0 Å². The van der Waals surface area contributed by atoms with E-state index < -0.39 is 5.76 Å². The minimum atomic E-state index is -0.632. The van der Waals surface area contributed by atoms with Gasteiger partial charge in [0, 0.05) is 10.6 Å². The molecule has 0 amide bonds. The van der Waals surface area contributed by atoms with Gasteiger partial charge in [-0.1, -0.05) is 28.9 Å². The first-order valence-corrected chi connectivity index (χ1v) is 8.31. The maximum absolute atomic E-state index is 11.1. The lowest BCUT2D eigenvalue weighted by Gasteiger charge is -2.15. The molecule has 1 unspecified atom stereocenters. The summed E-state index contributed by atoms with van der Waals surface area (Å²) < 4.78 is 10.4. The van der Waals surface area contributed by atoms with Crippen molar-refractivity contribution in [2.75, 3.05) is 0 Å². The van der Waals surface area contributed by atoms with Gasteiger partial charge in [-0.2, -0.15) is 0 Å². The minimum Gasteiger partial charge on any atom is -0.371 e. The fourth-order valence-electron chi connectivity index (χ4n) is 2.57. The molecule has 128 valence electrons. The van der Waals surface area contributed by atoms with Crippen molar-refractivity contribution in [1.82, 2.24) is 20.1 Å². The smallest absolute Gasteiger partial charge is 0.371 e. The van der Waals surface area contributed by atoms with E-state index in [1.165, 1.54) is 6.33 Å². The Hall–Kier alpha value is -2.51. The van der Waals surface area contributed by atoms with Crippen LogP contribution in [0.25, 0.3) is 22.8 Å². The van der Waals surface area contributed by atoms with Gasteiger partial charge in [-0.3, -0.25) is 9.51 Å². The maximum Gasteiger partial charge on any atom is 0.439 e. The second-order valence-corrected chi connectivity index (χ2v) is 6.35. The number of hydrogen-bond acceptors (Lipinski definition) is 6. The molecule has 2 heterocycles. The molecule has 1 N–H and O–H groups in total. The SMILES string of the molecule is CC(OC1CC1)c1ccc(-c2cc(-c3noc(=O)[nH]3)ncn2)cc1Cl. The first kappa shape index (κ1) is 16.0. The van der Waals surface area contributed by atoms with Crippen LogP contribution in [0.15, 0.2) is 39.9 Å². The molecule has 0 saturated heterocycles. The fourth-order valence-corrected chi connectivity index (χ4v) is 2.90. The molecule has 4 rings (SSSR count). The van der Waals surface area contributed by atoms with E-state index in [4.69, 9.17) is 16.3 Å². The average molecular weight is 359 g/mol. The van der Waals surface area contributed by atoms with Gasteiger partial charge in [0.15, 0.2) is 0 Å². The highest BCUT2D eigenvalue weighted by molar-refractivity contribution is 6.31. The number of nitrogens with zero attached hydrogens (tertiary/aromatic N) is 3. The van der Waals surface area contributed by atoms with Crippen LogP contribution in [0.2, 0.25) is 5.02 Å². The summed E-state index contributed by atoms with van der Waals surface area (Å²) in [5, 5.41) is 4.26. The van der Waals surface area contributed by atoms with Crippen LogP contribution >= 0.6 is 11.6 Å². The standard InChI is InChI=1S/C17H15ClN4O3/c1-9(24-11-3-4-11)12-5-2-10(6-13(12)18)14-7-15(20-8-19-14)16-21-17(23)25-22-16/h2,5-9,11H,3-4H2,1H3,(H,21,22,23). The van der Waals surface area contributed by atoms with Gasteiger partial charge in [-0.05, 0) is 37.5 Å². The predicted octanol–water partition coefficient (Wildman–Crippen LogP) is 3.38. The molecule has 25 heavy (non-hydrogen) atoms. The van der Waals surface area contributed by atoms with Gasteiger partial charge in [0.2, 0.25) is 5.82 Å². The Balaban J connectivity index is 1.63. The van der Waals surface area contributed by atoms with Crippen molar-refractivity contribution < 1.29 is 9.26 Å². The highest BCUT2D eigenvalue weighted by Crippen LogP contribution is 2.35. The molecule has 1 aliphatic rings. The van der Waals surface area contributed by atoms with Crippen molar-refractivity contribution in [3.05, 3.63) is 51.7 Å². The first-order valence-electron chi connectivity index (χ1n) is 7.94. The summed E-state index contributed by atoms with van der Waals surface area (Å²) in [5.74, 6) is -0.380. The van der Waals surface area contributed by atoms with Gasteiger partial charge in [0.1, 0.15) is 12.0 Å². The number of hydrogen-bond donors (Lipinski definition) is 1. The van der Waals surface area contributed by atoms with Gasteiger partial charge in [0.05, 0.1) is 17.9 Å². The van der Waals surface area contributed by atoms with Crippen LogP contribution in [-0.4, -0.2) is 26.2 Å². The number of rotatable bonds is 5. The second kappa shape index (κ2) is 6.42. The maximum atomic E-state index is 11.1. The Labute approximate surface area is 148 Å². The molecule has 1 aromatic carbocycles. The highest BCUT2D eigenvalue weighted by Gasteiger charge is 2.26. The minimum absolute atomic E-state index is 0.0461. The van der Waals surface area contributed by atoms with Crippen LogP contribution in [0.5, 0.6) is 0 Å². The molecule has 1 atom stereocenters. The predicted molar refractivity (Wildman–Crippen MR) is 91.1 cm³/mol. The monoisotopic (exact) mass is 358 g/mol. The molecule has 2 aromatic heterocycles. The van der Waals surface area contributed by atoms with Crippen LogP contribution < -0.4 is 5.76 Å². The molecule has 8 heteroatoms. The summed E-state index contributed by atoms with van der Waals surface area (Å²) in [6, 6.07) is 7.45. The van der Waals surface area contributed by atoms with Crippen LogP contribution in [0, 0.1) is 0 Å². The van der Waals surface area contributed by atoms with Crippen molar-refractivity contribution in [3.63, 3.8) is 0 Å². The molecule has 0 spiro atoms. The van der Waals surface area contributed by atoms with Gasteiger partial charge in [-0.25, -0.2) is 14.8 Å². The summed E-state index contributed by atoms with van der Waals surface area (Å²) in [6.45, 7) is 2.00. The van der Waals surface area contributed by atoms with E-state index in [0.29, 0.717) is 22.5 Å². The van der Waals surface area contributed by atoms with E-state index in [-0.39, 0.29) is 11.9 Å². The number of nitrogens with one attached hydrogen (secondary N) is 1. The third kappa shape index (κ3) is 3.47. The summed E-state index contributed by atoms with van der Waals surface area (Å²) in [6.07, 6.45) is 3.95. The average Bonchev–Trinajstić information content (AvgIpc) is 3.32. The van der Waals surface area contributed by atoms with Crippen LogP contribution in [0.3, 0.4) is 0 Å². The van der Waals surface area contributed by atoms with Gasteiger partial charge < -0.3 is 4.74 Å². The number of halogens is 1. The van der Waals surface area contributed by atoms with Gasteiger partial charge in [0.25, 0.3) is 0 Å². The van der Waals surface area contributed by atoms with E-state index >= 15 is 0 Å². The number of aromatic nitrogens is 4. The topological polar surface area (TPSA) is 93.9 Å². The van der Waals surface area contributed by atoms with Crippen LogP contribution in [-0.2, 0) is 4.74 Å². The van der Waals surface area contributed by atoms with Crippen molar-refractivity contribution in [2.24, 2.45) is 0 Å². The second-order valence-electron chi connectivity index (χ2n) is 5.95. The normalized spacial score (nSPS) is 15.3. The lowest BCUT2D eigenvalue weighted by Crippen LogP contribution is -2.02. The Morgan fingerprint density at radius 3 is 2.76 bits per heavy atom. The molecule has 1 fully saturated rings. The Morgan fingerprint density at radius 1 is 1.28 bits per heavy atom. The Bertz CT molecular complexity index is 964. The molecule has 0 bridgehead atoms. The molecule has 0 aliphatic heterocycles. The lowest BCUT2D eigenvalue weighted by molar-refractivity contribution is 0.0520. The Kier molecular flexibility index (Phi) is 4.10. The van der Waals surface area contributed by atoms with Gasteiger partial charge in [-0.15, -0.1) is 0 Å². The van der Waals surface area contributed by atoms with E-state index in [1.54, 1.807) is 6.07 Å². The van der Waals surface area contributed by atoms with Crippen molar-refractivity contribution in [2.45, 2.75) is 32.0 Å². The largest absolute Gasteiger partial charge is 0.439 e. The first-order chi connectivity index (χ1) is 12.1. The molecule has 1 aliphatic carbocycles. The van der Waals surface area contributed by atoms with Crippen molar-refractivity contribution in [3.8, 4) is 22.8 Å². The quantitative estimate of drug-likeness (QED) is 0.751. The molecule has 1 saturated carbocycles. The number of ether oxygens (including phenoxy) is 1. The summed E-state index contributed by atoms with van der Waals surface area (Å²) in [7, 11) is 0. The third-order valence-corrected chi connectivity index (χ3v) is 4.33. The summed E-state index contributed by atoms with van der Waals surface area (Å²) in [4.78, 5) is 21.9.